The molecular weight excluding hydrogens is 462 g/mol. The van der Waals surface area contributed by atoms with Crippen molar-refractivity contribution in [3.63, 3.8) is 0 Å². The lowest BCUT2D eigenvalue weighted by Crippen LogP contribution is -2.28. The summed E-state index contributed by atoms with van der Waals surface area (Å²) in [7, 11) is 0. The number of rotatable bonds is 7. The van der Waals surface area contributed by atoms with E-state index in [1.165, 1.54) is 11.1 Å². The molecule has 0 spiro atoms. The molecule has 2 atom stereocenters. The van der Waals surface area contributed by atoms with Gasteiger partial charge >= 0.3 is 0 Å². The fourth-order valence-corrected chi connectivity index (χ4v) is 4.33. The van der Waals surface area contributed by atoms with Crippen molar-refractivity contribution in [3.05, 3.63) is 99.8 Å². The van der Waals surface area contributed by atoms with Gasteiger partial charge in [-0.1, -0.05) is 72.2 Å². The van der Waals surface area contributed by atoms with Crippen LogP contribution in [0, 0.1) is 0 Å². The van der Waals surface area contributed by atoms with Gasteiger partial charge in [-0.3, -0.25) is 4.79 Å². The lowest BCUT2D eigenvalue weighted by molar-refractivity contribution is 0.0937. The van der Waals surface area contributed by atoms with Gasteiger partial charge in [-0.15, -0.1) is 0 Å². The molecule has 3 aromatic carbocycles. The second-order valence-electron chi connectivity index (χ2n) is 8.30. The van der Waals surface area contributed by atoms with Gasteiger partial charge in [-0.25, -0.2) is 4.98 Å². The first-order valence-corrected chi connectivity index (χ1v) is 11.9. The third kappa shape index (κ3) is 4.78. The quantitative estimate of drug-likeness (QED) is 0.308. The fraction of sp³-hybridized carbons (Fsp3) is 0.259. The number of nitrogens with zero attached hydrogens (tertiary/aromatic N) is 2. The summed E-state index contributed by atoms with van der Waals surface area (Å²) >= 11 is 3.44. The maximum absolute atomic E-state index is 12.8. The third-order valence-corrected chi connectivity index (χ3v) is 6.50. The topological polar surface area (TPSA) is 46.9 Å². The summed E-state index contributed by atoms with van der Waals surface area (Å²) in [6.07, 6.45) is 1.13. The van der Waals surface area contributed by atoms with Crippen LogP contribution in [0.4, 0.5) is 0 Å². The highest BCUT2D eigenvalue weighted by Gasteiger charge is 2.19. The maximum atomic E-state index is 12.8. The Bertz CT molecular complexity index is 1230. The van der Waals surface area contributed by atoms with Crippen LogP contribution in [-0.2, 0) is 6.54 Å². The Balaban J connectivity index is 1.63. The first kappa shape index (κ1) is 22.3. The van der Waals surface area contributed by atoms with Crippen LogP contribution in [0.5, 0.6) is 0 Å². The normalized spacial score (nSPS) is 13.1. The van der Waals surface area contributed by atoms with Gasteiger partial charge in [0, 0.05) is 16.6 Å². The monoisotopic (exact) mass is 489 g/mol. The highest BCUT2D eigenvalue weighted by Crippen LogP contribution is 2.24. The molecule has 4 aromatic rings. The minimum absolute atomic E-state index is 0.115. The Morgan fingerprint density at radius 1 is 1.03 bits per heavy atom. The molecule has 5 heteroatoms. The van der Waals surface area contributed by atoms with Crippen molar-refractivity contribution in [1.82, 2.24) is 14.9 Å². The zero-order chi connectivity index (χ0) is 22.7. The first-order chi connectivity index (χ1) is 15.5. The summed E-state index contributed by atoms with van der Waals surface area (Å²) in [6, 6.07) is 24.1. The van der Waals surface area contributed by atoms with E-state index in [9.17, 15) is 4.79 Å². The summed E-state index contributed by atoms with van der Waals surface area (Å²) in [4.78, 5) is 17.7. The van der Waals surface area contributed by atoms with Crippen molar-refractivity contribution in [3.8, 4) is 0 Å². The average molecular weight is 490 g/mol. The average Bonchev–Trinajstić information content (AvgIpc) is 3.17. The van der Waals surface area contributed by atoms with Crippen LogP contribution in [0.3, 0.4) is 0 Å². The molecule has 1 aromatic heterocycles. The molecule has 0 fully saturated rings. The molecule has 0 aliphatic carbocycles. The number of hydrogen-bond donors (Lipinski definition) is 1. The number of aromatic nitrogens is 2. The second-order valence-corrected chi connectivity index (χ2v) is 9.22. The number of fused-ring (bicyclic) bond motifs is 1. The molecule has 1 N–H and O–H groups in total. The number of para-hydroxylation sites is 2. The van der Waals surface area contributed by atoms with Crippen molar-refractivity contribution in [2.75, 3.05) is 0 Å². The minimum Gasteiger partial charge on any atom is -0.342 e. The molecular formula is C27H28BrN3O. The van der Waals surface area contributed by atoms with Crippen LogP contribution < -0.4 is 5.32 Å². The number of amides is 1. The predicted octanol–water partition coefficient (Wildman–Crippen LogP) is 6.85. The highest BCUT2D eigenvalue weighted by molar-refractivity contribution is 9.10. The molecule has 32 heavy (non-hydrogen) atoms. The summed E-state index contributed by atoms with van der Waals surface area (Å²) in [5.74, 6) is 1.29. The Morgan fingerprint density at radius 2 is 1.78 bits per heavy atom. The fourth-order valence-electron chi connectivity index (χ4n) is 3.93. The SMILES string of the molecule is CCC(C)c1ccc(Cn2c(C(C)NC(=O)c3cccc(Br)c3)nc3ccccc32)cc1. The summed E-state index contributed by atoms with van der Waals surface area (Å²) in [5.41, 5.74) is 5.20. The van der Waals surface area contributed by atoms with Gasteiger partial charge in [-0.05, 0) is 60.7 Å². The number of benzene rings is 3. The first-order valence-electron chi connectivity index (χ1n) is 11.1. The van der Waals surface area contributed by atoms with Crippen LogP contribution in [-0.4, -0.2) is 15.5 Å². The van der Waals surface area contributed by atoms with Gasteiger partial charge in [0.2, 0.25) is 0 Å². The van der Waals surface area contributed by atoms with Gasteiger partial charge in [0.25, 0.3) is 5.91 Å². The standard InChI is InChI=1S/C27H28BrN3O/c1-4-18(2)21-14-12-20(13-15-21)17-31-25-11-6-5-10-24(25)30-26(31)19(3)29-27(32)22-8-7-9-23(28)16-22/h5-16,18-19H,4,17H2,1-3H3,(H,29,32). The number of nitrogens with one attached hydrogen (secondary N) is 1. The van der Waals surface area contributed by atoms with Crippen LogP contribution in [0.25, 0.3) is 11.0 Å². The van der Waals surface area contributed by atoms with Gasteiger partial charge in [0.15, 0.2) is 0 Å². The van der Waals surface area contributed by atoms with Gasteiger partial charge in [0.05, 0.1) is 17.1 Å². The van der Waals surface area contributed by atoms with E-state index in [0.717, 1.165) is 27.8 Å². The van der Waals surface area contributed by atoms with Gasteiger partial charge in [0.1, 0.15) is 5.82 Å². The molecule has 1 amide bonds. The van der Waals surface area contributed by atoms with Crippen LogP contribution in [0.2, 0.25) is 0 Å². The zero-order valence-corrected chi connectivity index (χ0v) is 20.3. The molecule has 164 valence electrons. The highest BCUT2D eigenvalue weighted by atomic mass is 79.9. The van der Waals surface area contributed by atoms with E-state index in [1.54, 1.807) is 0 Å². The van der Waals surface area contributed by atoms with Crippen molar-refractivity contribution in [1.29, 1.82) is 0 Å². The lowest BCUT2D eigenvalue weighted by atomic mass is 9.97. The van der Waals surface area contributed by atoms with E-state index in [1.807, 2.05) is 49.4 Å². The van der Waals surface area contributed by atoms with Crippen LogP contribution >= 0.6 is 15.9 Å². The van der Waals surface area contributed by atoms with E-state index < -0.39 is 0 Å². The summed E-state index contributed by atoms with van der Waals surface area (Å²) < 4.78 is 3.09. The molecule has 0 radical (unpaired) electrons. The molecule has 0 aliphatic heterocycles. The Labute approximate surface area is 197 Å². The van der Waals surface area contributed by atoms with Crippen molar-refractivity contribution < 1.29 is 4.79 Å². The number of carbonyl (C=O) groups is 1. The van der Waals surface area contributed by atoms with E-state index >= 15 is 0 Å². The molecule has 1 heterocycles. The third-order valence-electron chi connectivity index (χ3n) is 6.01. The molecule has 0 aliphatic rings. The largest absolute Gasteiger partial charge is 0.342 e. The number of halogens is 1. The van der Waals surface area contributed by atoms with Crippen molar-refractivity contribution in [2.24, 2.45) is 0 Å². The molecule has 2 unspecified atom stereocenters. The minimum atomic E-state index is -0.242. The molecule has 4 nitrogen and oxygen atoms in total. The summed E-state index contributed by atoms with van der Waals surface area (Å²) in [5, 5.41) is 3.12. The zero-order valence-electron chi connectivity index (χ0n) is 18.7. The Kier molecular flexibility index (Phi) is 6.75. The van der Waals surface area contributed by atoms with E-state index in [4.69, 9.17) is 4.98 Å². The smallest absolute Gasteiger partial charge is 0.251 e. The van der Waals surface area contributed by atoms with E-state index in [-0.39, 0.29) is 11.9 Å². The predicted molar refractivity (Wildman–Crippen MR) is 134 cm³/mol. The van der Waals surface area contributed by atoms with Crippen molar-refractivity contribution >= 4 is 32.9 Å². The maximum Gasteiger partial charge on any atom is 0.251 e. The second kappa shape index (κ2) is 9.70. The van der Waals surface area contributed by atoms with E-state index in [0.29, 0.717) is 18.0 Å². The van der Waals surface area contributed by atoms with Crippen LogP contribution in [0.15, 0.2) is 77.3 Å². The van der Waals surface area contributed by atoms with Gasteiger partial charge < -0.3 is 9.88 Å². The molecule has 0 saturated heterocycles. The van der Waals surface area contributed by atoms with Crippen molar-refractivity contribution in [2.45, 2.75) is 45.7 Å². The Hall–Kier alpha value is -2.92. The van der Waals surface area contributed by atoms with E-state index in [2.05, 4.69) is 70.0 Å². The lowest BCUT2D eigenvalue weighted by Gasteiger charge is -2.17. The number of imidazole rings is 1. The molecule has 0 bridgehead atoms. The Morgan fingerprint density at radius 3 is 2.50 bits per heavy atom. The molecule has 0 saturated carbocycles. The molecule has 4 rings (SSSR count). The van der Waals surface area contributed by atoms with Crippen LogP contribution in [0.1, 0.15) is 66.5 Å². The number of hydrogen-bond acceptors (Lipinski definition) is 2. The van der Waals surface area contributed by atoms with Gasteiger partial charge in [-0.2, -0.15) is 0 Å². The number of carbonyl (C=O) groups excluding carboxylic acids is 1. The summed E-state index contributed by atoms with van der Waals surface area (Å²) in [6.45, 7) is 7.16.